The molecule has 0 aliphatic carbocycles. The summed E-state index contributed by atoms with van der Waals surface area (Å²) < 4.78 is 13.6. The molecular formula is C9H11FN2O2S. The van der Waals surface area contributed by atoms with E-state index < -0.39 is 17.0 Å². The molecule has 0 aromatic carbocycles. The van der Waals surface area contributed by atoms with E-state index in [9.17, 15) is 9.18 Å². The number of rotatable bonds is 4. The topological polar surface area (TPSA) is 63.1 Å². The van der Waals surface area contributed by atoms with Crippen LogP contribution in [0.1, 0.15) is 19.5 Å². The molecule has 1 heterocycles. The molecule has 0 bridgehead atoms. The normalized spacial score (nSPS) is 12.5. The van der Waals surface area contributed by atoms with Gasteiger partial charge in [0.15, 0.2) is 5.82 Å². The number of carboxylic acids is 1. The van der Waals surface area contributed by atoms with E-state index in [-0.39, 0.29) is 5.03 Å². The van der Waals surface area contributed by atoms with Crippen LogP contribution >= 0.6 is 11.8 Å². The van der Waals surface area contributed by atoms with Gasteiger partial charge in [-0.1, -0.05) is 18.7 Å². The minimum Gasteiger partial charge on any atom is -0.480 e. The Balaban J connectivity index is 2.90. The van der Waals surface area contributed by atoms with E-state index in [0.29, 0.717) is 12.1 Å². The SMILES string of the molecule is CCc1ncnc(SC(C)C(=O)O)c1F. The minimum absolute atomic E-state index is 0.0942. The largest absolute Gasteiger partial charge is 0.480 e. The number of carboxylic acid groups (broad SMARTS) is 1. The van der Waals surface area contributed by atoms with Crippen molar-refractivity contribution in [3.8, 4) is 0 Å². The van der Waals surface area contributed by atoms with Gasteiger partial charge in [-0.05, 0) is 13.3 Å². The van der Waals surface area contributed by atoms with Crippen LogP contribution in [-0.4, -0.2) is 26.3 Å². The van der Waals surface area contributed by atoms with E-state index in [2.05, 4.69) is 9.97 Å². The molecule has 0 saturated heterocycles. The third kappa shape index (κ3) is 2.89. The maximum atomic E-state index is 13.6. The molecule has 1 unspecified atom stereocenters. The summed E-state index contributed by atoms with van der Waals surface area (Å²) >= 11 is 0.882. The van der Waals surface area contributed by atoms with Gasteiger partial charge in [0.2, 0.25) is 0 Å². The van der Waals surface area contributed by atoms with Gasteiger partial charge in [0.25, 0.3) is 0 Å². The van der Waals surface area contributed by atoms with Crippen molar-refractivity contribution in [2.24, 2.45) is 0 Å². The molecule has 82 valence electrons. The van der Waals surface area contributed by atoms with Crippen molar-refractivity contribution in [1.82, 2.24) is 9.97 Å². The summed E-state index contributed by atoms with van der Waals surface area (Å²) in [6.07, 6.45) is 1.71. The van der Waals surface area contributed by atoms with E-state index >= 15 is 0 Å². The molecule has 0 radical (unpaired) electrons. The number of hydrogen-bond acceptors (Lipinski definition) is 4. The molecule has 1 aromatic rings. The second-order valence-corrected chi connectivity index (χ2v) is 4.22. The average Bonchev–Trinajstić information content (AvgIpc) is 2.21. The monoisotopic (exact) mass is 230 g/mol. The first-order chi connectivity index (χ1) is 7.06. The molecule has 0 aliphatic rings. The van der Waals surface area contributed by atoms with Gasteiger partial charge in [0.05, 0.1) is 5.69 Å². The molecule has 4 nitrogen and oxygen atoms in total. The van der Waals surface area contributed by atoms with E-state index in [1.54, 1.807) is 6.92 Å². The number of aryl methyl sites for hydroxylation is 1. The fourth-order valence-corrected chi connectivity index (χ4v) is 1.70. The Hall–Kier alpha value is -1.17. The van der Waals surface area contributed by atoms with E-state index in [4.69, 9.17) is 5.11 Å². The van der Waals surface area contributed by atoms with Gasteiger partial charge < -0.3 is 5.11 Å². The van der Waals surface area contributed by atoms with Crippen LogP contribution in [0.4, 0.5) is 4.39 Å². The van der Waals surface area contributed by atoms with Crippen molar-refractivity contribution >= 4 is 17.7 Å². The quantitative estimate of drug-likeness (QED) is 0.630. The number of halogens is 1. The lowest BCUT2D eigenvalue weighted by Gasteiger charge is -2.07. The van der Waals surface area contributed by atoms with E-state index in [1.807, 2.05) is 0 Å². The van der Waals surface area contributed by atoms with Gasteiger partial charge in [-0.3, -0.25) is 4.79 Å². The van der Waals surface area contributed by atoms with Crippen molar-refractivity contribution in [2.45, 2.75) is 30.5 Å². The fraction of sp³-hybridized carbons (Fsp3) is 0.444. The molecule has 0 saturated carbocycles. The van der Waals surface area contributed by atoms with Crippen molar-refractivity contribution in [3.63, 3.8) is 0 Å². The number of thioether (sulfide) groups is 1. The maximum absolute atomic E-state index is 13.6. The molecular weight excluding hydrogens is 219 g/mol. The van der Waals surface area contributed by atoms with Crippen LogP contribution in [0.25, 0.3) is 0 Å². The van der Waals surface area contributed by atoms with Gasteiger partial charge in [-0.15, -0.1) is 0 Å². The second kappa shape index (κ2) is 5.06. The van der Waals surface area contributed by atoms with E-state index in [0.717, 1.165) is 11.8 Å². The summed E-state index contributed by atoms with van der Waals surface area (Å²) in [5.41, 5.74) is 0.310. The highest BCUT2D eigenvalue weighted by Crippen LogP contribution is 2.24. The van der Waals surface area contributed by atoms with Crippen molar-refractivity contribution < 1.29 is 14.3 Å². The molecule has 0 fully saturated rings. The lowest BCUT2D eigenvalue weighted by molar-refractivity contribution is -0.136. The van der Waals surface area contributed by atoms with Crippen molar-refractivity contribution in [2.75, 3.05) is 0 Å². The zero-order chi connectivity index (χ0) is 11.4. The fourth-order valence-electron chi connectivity index (χ4n) is 0.934. The van der Waals surface area contributed by atoms with E-state index in [1.165, 1.54) is 13.3 Å². The van der Waals surface area contributed by atoms with Crippen LogP contribution in [0.3, 0.4) is 0 Å². The van der Waals surface area contributed by atoms with Gasteiger partial charge >= 0.3 is 5.97 Å². The second-order valence-electron chi connectivity index (χ2n) is 2.89. The summed E-state index contributed by atoms with van der Waals surface area (Å²) in [5, 5.41) is 8.05. The Morgan fingerprint density at radius 1 is 1.67 bits per heavy atom. The van der Waals surface area contributed by atoms with Crippen LogP contribution in [0, 0.1) is 5.82 Å². The van der Waals surface area contributed by atoms with Gasteiger partial charge in [-0.25, -0.2) is 14.4 Å². The van der Waals surface area contributed by atoms with Gasteiger partial charge in [0, 0.05) is 0 Å². The zero-order valence-corrected chi connectivity index (χ0v) is 9.21. The number of nitrogens with zero attached hydrogens (tertiary/aromatic N) is 2. The van der Waals surface area contributed by atoms with Gasteiger partial charge in [-0.2, -0.15) is 0 Å². The Labute approximate surface area is 90.9 Å². The predicted molar refractivity (Wildman–Crippen MR) is 54.3 cm³/mol. The summed E-state index contributed by atoms with van der Waals surface area (Å²) in [5.74, 6) is -1.51. The molecule has 1 N–H and O–H groups in total. The zero-order valence-electron chi connectivity index (χ0n) is 8.40. The lowest BCUT2D eigenvalue weighted by atomic mass is 10.3. The van der Waals surface area contributed by atoms with Gasteiger partial charge in [0.1, 0.15) is 16.6 Å². The molecule has 0 spiro atoms. The highest BCUT2D eigenvalue weighted by molar-refractivity contribution is 8.00. The third-order valence-electron chi connectivity index (χ3n) is 1.80. The minimum atomic E-state index is -0.990. The maximum Gasteiger partial charge on any atom is 0.316 e. The highest BCUT2D eigenvalue weighted by atomic mass is 32.2. The highest BCUT2D eigenvalue weighted by Gasteiger charge is 2.17. The molecule has 1 aromatic heterocycles. The standard InChI is InChI=1S/C9H11FN2O2S/c1-3-6-7(10)8(12-4-11-6)15-5(2)9(13)14/h4-5H,3H2,1-2H3,(H,13,14). The summed E-state index contributed by atoms with van der Waals surface area (Å²) in [6, 6.07) is 0. The van der Waals surface area contributed by atoms with Crippen LogP contribution in [0.5, 0.6) is 0 Å². The average molecular weight is 230 g/mol. The van der Waals surface area contributed by atoms with Crippen molar-refractivity contribution in [3.05, 3.63) is 17.8 Å². The Kier molecular flexibility index (Phi) is 4.02. The molecule has 0 amide bonds. The van der Waals surface area contributed by atoms with Crippen molar-refractivity contribution in [1.29, 1.82) is 0 Å². The van der Waals surface area contributed by atoms with Crippen LogP contribution in [0.2, 0.25) is 0 Å². The van der Waals surface area contributed by atoms with Crippen LogP contribution in [0.15, 0.2) is 11.4 Å². The summed E-state index contributed by atoms with van der Waals surface area (Å²) in [4.78, 5) is 18.1. The Bertz CT molecular complexity index is 373. The summed E-state index contributed by atoms with van der Waals surface area (Å²) in [7, 11) is 0. The first-order valence-corrected chi connectivity index (χ1v) is 5.33. The Morgan fingerprint density at radius 2 is 2.33 bits per heavy atom. The number of aromatic nitrogens is 2. The molecule has 15 heavy (non-hydrogen) atoms. The number of hydrogen-bond donors (Lipinski definition) is 1. The number of aliphatic carboxylic acids is 1. The predicted octanol–water partition coefficient (Wildman–Crippen LogP) is 1.74. The first kappa shape index (κ1) is 11.9. The Morgan fingerprint density at radius 3 is 2.87 bits per heavy atom. The smallest absolute Gasteiger partial charge is 0.316 e. The lowest BCUT2D eigenvalue weighted by Crippen LogP contribution is -2.12. The first-order valence-electron chi connectivity index (χ1n) is 4.45. The van der Waals surface area contributed by atoms with Crippen LogP contribution in [-0.2, 0) is 11.2 Å². The molecule has 0 aliphatic heterocycles. The molecule has 1 atom stereocenters. The number of carbonyl (C=O) groups is 1. The molecule has 6 heteroatoms. The van der Waals surface area contributed by atoms with Crippen LogP contribution < -0.4 is 0 Å². The molecule has 1 rings (SSSR count). The summed E-state index contributed by atoms with van der Waals surface area (Å²) in [6.45, 7) is 3.26. The third-order valence-corrected chi connectivity index (χ3v) is 2.86.